The van der Waals surface area contributed by atoms with Gasteiger partial charge in [0.05, 0.1) is 5.75 Å². The van der Waals surface area contributed by atoms with E-state index in [2.05, 4.69) is 29.8 Å². The summed E-state index contributed by atoms with van der Waals surface area (Å²) in [7, 11) is -2.77. The lowest BCUT2D eigenvalue weighted by Gasteiger charge is -2.20. The molecular formula is C9H19BrO2S. The maximum Gasteiger partial charge on any atom is 0.150 e. The summed E-state index contributed by atoms with van der Waals surface area (Å²) in [5.74, 6) is 0.599. The van der Waals surface area contributed by atoms with E-state index in [9.17, 15) is 8.42 Å². The van der Waals surface area contributed by atoms with E-state index in [0.717, 1.165) is 18.2 Å². The van der Waals surface area contributed by atoms with Gasteiger partial charge < -0.3 is 0 Å². The molecule has 0 rings (SSSR count). The Hall–Kier alpha value is 0.430. The summed E-state index contributed by atoms with van der Waals surface area (Å²) in [6.45, 7) is 5.98. The molecule has 0 aromatic rings. The van der Waals surface area contributed by atoms with Crippen molar-refractivity contribution in [2.75, 3.05) is 16.8 Å². The fourth-order valence-electron chi connectivity index (χ4n) is 0.982. The van der Waals surface area contributed by atoms with Gasteiger partial charge in [0.15, 0.2) is 0 Å². The average Bonchev–Trinajstić information content (AvgIpc) is 2.04. The van der Waals surface area contributed by atoms with Crippen molar-refractivity contribution in [3.05, 3.63) is 0 Å². The molecule has 80 valence electrons. The van der Waals surface area contributed by atoms with E-state index in [-0.39, 0.29) is 11.2 Å². The molecule has 0 aliphatic carbocycles. The highest BCUT2D eigenvalue weighted by molar-refractivity contribution is 9.09. The van der Waals surface area contributed by atoms with Crippen molar-refractivity contribution in [2.24, 2.45) is 5.41 Å². The van der Waals surface area contributed by atoms with Crippen LogP contribution in [0.15, 0.2) is 0 Å². The minimum absolute atomic E-state index is 0.212. The summed E-state index contributed by atoms with van der Waals surface area (Å²) < 4.78 is 22.3. The Balaban J connectivity index is 3.81. The molecule has 13 heavy (non-hydrogen) atoms. The van der Waals surface area contributed by atoms with Gasteiger partial charge in [-0.25, -0.2) is 8.42 Å². The van der Waals surface area contributed by atoms with E-state index in [0.29, 0.717) is 5.75 Å². The van der Waals surface area contributed by atoms with Gasteiger partial charge >= 0.3 is 0 Å². The smallest absolute Gasteiger partial charge is 0.150 e. The van der Waals surface area contributed by atoms with Crippen LogP contribution >= 0.6 is 15.9 Å². The Morgan fingerprint density at radius 1 is 1.31 bits per heavy atom. The molecule has 0 spiro atoms. The minimum Gasteiger partial charge on any atom is -0.229 e. The lowest BCUT2D eigenvalue weighted by molar-refractivity contribution is 0.385. The van der Waals surface area contributed by atoms with Crippen molar-refractivity contribution in [1.29, 1.82) is 0 Å². The Morgan fingerprint density at radius 2 is 1.85 bits per heavy atom. The number of halogens is 1. The van der Waals surface area contributed by atoms with Gasteiger partial charge in [0.25, 0.3) is 0 Å². The Bertz CT molecular complexity index is 232. The fraction of sp³-hybridized carbons (Fsp3) is 1.00. The summed E-state index contributed by atoms with van der Waals surface area (Å²) in [6.07, 6.45) is 1.73. The number of alkyl halides is 1. The maximum absolute atomic E-state index is 11.2. The van der Waals surface area contributed by atoms with Crippen LogP contribution in [0.2, 0.25) is 0 Å². The number of hydrogen-bond acceptors (Lipinski definition) is 2. The lowest BCUT2D eigenvalue weighted by Crippen LogP contribution is -2.16. The second-order valence-corrected chi connectivity index (χ2v) is 7.17. The maximum atomic E-state index is 11.2. The first-order valence-corrected chi connectivity index (χ1v) is 7.53. The predicted molar refractivity (Wildman–Crippen MR) is 61.1 cm³/mol. The summed E-state index contributed by atoms with van der Waals surface area (Å²) in [5, 5.41) is 0.923. The van der Waals surface area contributed by atoms with E-state index in [1.807, 2.05) is 0 Å². The lowest BCUT2D eigenvalue weighted by atomic mass is 9.91. The zero-order valence-corrected chi connectivity index (χ0v) is 11.0. The highest BCUT2D eigenvalue weighted by Gasteiger charge is 2.17. The van der Waals surface area contributed by atoms with Crippen molar-refractivity contribution >= 4 is 25.8 Å². The zero-order valence-electron chi connectivity index (χ0n) is 8.64. The molecule has 0 N–H and O–H groups in total. The Labute approximate surface area is 90.2 Å². The molecule has 0 saturated carbocycles. The van der Waals surface area contributed by atoms with Gasteiger partial charge in [-0.3, -0.25) is 0 Å². The molecule has 0 aromatic heterocycles. The monoisotopic (exact) mass is 270 g/mol. The molecule has 0 saturated heterocycles. The van der Waals surface area contributed by atoms with E-state index in [1.165, 1.54) is 0 Å². The van der Waals surface area contributed by atoms with Crippen molar-refractivity contribution < 1.29 is 8.42 Å². The molecule has 0 aliphatic rings. The minimum atomic E-state index is -2.77. The molecule has 0 atom stereocenters. The molecular weight excluding hydrogens is 252 g/mol. The van der Waals surface area contributed by atoms with Crippen molar-refractivity contribution in [2.45, 2.75) is 33.6 Å². The van der Waals surface area contributed by atoms with Crippen LogP contribution in [0.5, 0.6) is 0 Å². The molecule has 0 heterocycles. The molecule has 0 unspecified atom stereocenters. The molecule has 0 radical (unpaired) electrons. The van der Waals surface area contributed by atoms with Gasteiger partial charge in [-0.05, 0) is 18.3 Å². The van der Waals surface area contributed by atoms with Crippen LogP contribution in [0.25, 0.3) is 0 Å². The predicted octanol–water partition coefficient (Wildman–Crippen LogP) is 2.62. The molecule has 2 nitrogen and oxygen atoms in total. The largest absolute Gasteiger partial charge is 0.229 e. The van der Waals surface area contributed by atoms with Crippen molar-refractivity contribution in [1.82, 2.24) is 0 Å². The van der Waals surface area contributed by atoms with Crippen LogP contribution < -0.4 is 0 Å². The van der Waals surface area contributed by atoms with Crippen LogP contribution in [0.3, 0.4) is 0 Å². The molecule has 4 heteroatoms. The van der Waals surface area contributed by atoms with Crippen LogP contribution in [0, 0.1) is 5.41 Å². The van der Waals surface area contributed by atoms with Gasteiger partial charge in [-0.1, -0.05) is 36.7 Å². The molecule has 0 bridgehead atoms. The van der Waals surface area contributed by atoms with E-state index < -0.39 is 9.84 Å². The summed E-state index contributed by atoms with van der Waals surface area (Å²) >= 11 is 3.42. The second kappa shape index (κ2) is 5.35. The summed E-state index contributed by atoms with van der Waals surface area (Å²) in [4.78, 5) is 0. The van der Waals surface area contributed by atoms with Gasteiger partial charge in [0.2, 0.25) is 0 Å². The summed E-state index contributed by atoms with van der Waals surface area (Å²) in [5.41, 5.74) is 0.212. The Morgan fingerprint density at radius 3 is 2.23 bits per heavy atom. The molecule has 0 amide bonds. The summed E-state index contributed by atoms with van der Waals surface area (Å²) in [6, 6.07) is 0. The van der Waals surface area contributed by atoms with Crippen LogP contribution in [0.4, 0.5) is 0 Å². The first-order chi connectivity index (χ1) is 5.83. The van der Waals surface area contributed by atoms with E-state index in [4.69, 9.17) is 0 Å². The third-order valence-corrected chi connectivity index (χ3v) is 5.42. The normalized spacial score (nSPS) is 13.2. The topological polar surface area (TPSA) is 34.1 Å². The highest BCUT2D eigenvalue weighted by Crippen LogP contribution is 2.24. The quantitative estimate of drug-likeness (QED) is 0.696. The third kappa shape index (κ3) is 6.49. The van der Waals surface area contributed by atoms with Gasteiger partial charge in [0, 0.05) is 11.1 Å². The van der Waals surface area contributed by atoms with Gasteiger partial charge in [-0.15, -0.1) is 0 Å². The first-order valence-electron chi connectivity index (χ1n) is 4.59. The average molecular weight is 271 g/mol. The van der Waals surface area contributed by atoms with Gasteiger partial charge in [0.1, 0.15) is 9.84 Å². The third-order valence-electron chi connectivity index (χ3n) is 2.11. The van der Waals surface area contributed by atoms with Crippen molar-refractivity contribution in [3.8, 4) is 0 Å². The van der Waals surface area contributed by atoms with Crippen LogP contribution in [-0.2, 0) is 9.84 Å². The number of rotatable bonds is 6. The molecule has 0 aliphatic heterocycles. The molecule has 0 aromatic carbocycles. The molecule has 0 fully saturated rings. The van der Waals surface area contributed by atoms with Crippen molar-refractivity contribution in [3.63, 3.8) is 0 Å². The highest BCUT2D eigenvalue weighted by atomic mass is 79.9. The first kappa shape index (κ1) is 13.4. The SMILES string of the molecule is CCS(=O)(=O)CCCC(C)(C)CBr. The fourth-order valence-corrected chi connectivity index (χ4v) is 2.13. The van der Waals surface area contributed by atoms with Gasteiger partial charge in [-0.2, -0.15) is 0 Å². The van der Waals surface area contributed by atoms with E-state index in [1.54, 1.807) is 6.92 Å². The zero-order chi connectivity index (χ0) is 10.5. The van der Waals surface area contributed by atoms with Crippen LogP contribution in [-0.4, -0.2) is 25.3 Å². The number of sulfone groups is 1. The Kier molecular flexibility index (Phi) is 5.52. The van der Waals surface area contributed by atoms with Crippen LogP contribution in [0.1, 0.15) is 33.6 Å². The standard InChI is InChI=1S/C9H19BrO2S/c1-4-13(11,12)7-5-6-9(2,3)8-10/h4-8H2,1-3H3. The second-order valence-electron chi connectivity index (χ2n) is 4.14. The van der Waals surface area contributed by atoms with E-state index >= 15 is 0 Å². The number of hydrogen-bond donors (Lipinski definition) is 0.